The molecule has 0 bridgehead atoms. The highest BCUT2D eigenvalue weighted by Gasteiger charge is 2.35. The molecular weight excluding hydrogens is 370 g/mol. The molecule has 0 amide bonds. The first-order valence-corrected chi connectivity index (χ1v) is 8.31. The maximum atomic E-state index is 12.5. The Hall–Kier alpha value is -3.14. The molecule has 1 aromatic carbocycles. The number of Topliss-reactive ketones (excluding diaryl/α,β-unsaturated/α-hetero) is 1. The number of hydrogen-bond donors (Lipinski definition) is 3. The van der Waals surface area contributed by atoms with E-state index in [0.29, 0.717) is 0 Å². The molecule has 146 valence electrons. The molecule has 0 aliphatic heterocycles. The molecule has 9 heteroatoms. The number of benzene rings is 1. The van der Waals surface area contributed by atoms with Crippen molar-refractivity contribution in [1.29, 1.82) is 0 Å². The number of hydrogen-bond acceptors (Lipinski definition) is 9. The Morgan fingerprint density at radius 3 is 2.25 bits per heavy atom. The number of aliphatic hydroxyl groups is 2. The number of ketones is 3. The summed E-state index contributed by atoms with van der Waals surface area (Å²) in [4.78, 5) is 49.1. The van der Waals surface area contributed by atoms with E-state index in [2.05, 4.69) is 0 Å². The zero-order valence-corrected chi connectivity index (χ0v) is 14.6. The summed E-state index contributed by atoms with van der Waals surface area (Å²) < 4.78 is 10.1. The molecule has 2 aromatic rings. The van der Waals surface area contributed by atoms with Gasteiger partial charge < -0.3 is 25.1 Å². The summed E-state index contributed by atoms with van der Waals surface area (Å²) in [6, 6.07) is 7.35. The van der Waals surface area contributed by atoms with Gasteiger partial charge in [0.05, 0.1) is 24.3 Å². The number of rotatable bonds is 7. The van der Waals surface area contributed by atoms with Gasteiger partial charge in [-0.2, -0.15) is 0 Å². The molecule has 1 aromatic heterocycles. The van der Waals surface area contributed by atoms with Crippen molar-refractivity contribution in [3.05, 3.63) is 58.5 Å². The van der Waals surface area contributed by atoms with Crippen molar-refractivity contribution in [2.24, 2.45) is 5.73 Å². The predicted octanol–water partition coefficient (Wildman–Crippen LogP) is -0.147. The average molecular weight is 387 g/mol. The van der Waals surface area contributed by atoms with E-state index in [9.17, 15) is 19.2 Å². The molecule has 0 fully saturated rings. The Kier molecular flexibility index (Phi) is 5.23. The van der Waals surface area contributed by atoms with Gasteiger partial charge in [-0.1, -0.05) is 24.3 Å². The molecule has 0 unspecified atom stereocenters. The van der Waals surface area contributed by atoms with Gasteiger partial charge in [-0.15, -0.1) is 0 Å². The highest BCUT2D eigenvalue weighted by Crippen LogP contribution is 2.30. The molecule has 1 aliphatic carbocycles. The summed E-state index contributed by atoms with van der Waals surface area (Å²) in [6.45, 7) is -1.74. The van der Waals surface area contributed by atoms with E-state index < -0.39 is 55.1 Å². The molecule has 0 saturated heterocycles. The van der Waals surface area contributed by atoms with Gasteiger partial charge in [0, 0.05) is 11.1 Å². The van der Waals surface area contributed by atoms with E-state index in [1.54, 1.807) is 12.1 Å². The molecule has 1 heterocycles. The van der Waals surface area contributed by atoms with Crippen LogP contribution in [0.15, 0.2) is 34.7 Å². The normalized spacial score (nSPS) is 13.1. The Bertz CT molecular complexity index is 918. The molecule has 0 atom stereocenters. The van der Waals surface area contributed by atoms with Crippen LogP contribution < -0.4 is 5.73 Å². The smallest absolute Gasteiger partial charge is 0.313 e. The lowest BCUT2D eigenvalue weighted by Gasteiger charge is -2.23. The van der Waals surface area contributed by atoms with Gasteiger partial charge in [-0.05, 0) is 6.07 Å². The lowest BCUT2D eigenvalue weighted by molar-refractivity contribution is -0.145. The van der Waals surface area contributed by atoms with Crippen molar-refractivity contribution in [3.63, 3.8) is 0 Å². The zero-order valence-electron chi connectivity index (χ0n) is 14.6. The monoisotopic (exact) mass is 387 g/mol. The lowest BCUT2D eigenvalue weighted by atomic mass is 9.88. The molecule has 1 aliphatic rings. The van der Waals surface area contributed by atoms with Crippen molar-refractivity contribution >= 4 is 23.3 Å². The molecule has 28 heavy (non-hydrogen) atoms. The number of fused-ring (bicyclic) bond motifs is 2. The van der Waals surface area contributed by atoms with Crippen LogP contribution in [0.25, 0.3) is 0 Å². The molecule has 3 rings (SSSR count). The third kappa shape index (κ3) is 3.50. The van der Waals surface area contributed by atoms with Crippen molar-refractivity contribution in [3.8, 4) is 0 Å². The minimum Gasteiger partial charge on any atom is -0.463 e. The van der Waals surface area contributed by atoms with Crippen LogP contribution in [0, 0.1) is 0 Å². The van der Waals surface area contributed by atoms with E-state index in [4.69, 9.17) is 25.1 Å². The standard InChI is InChI=1S/C19H17NO8/c20-19(7-21,8-22)9-27-15(24)6-13(23)14-5-12-16(25)10-3-1-2-4-11(10)17(26)18(12)28-14/h1-5,21-22H,6-9,20H2. The number of ether oxygens (including phenoxy) is 1. The highest BCUT2D eigenvalue weighted by molar-refractivity contribution is 6.28. The maximum absolute atomic E-state index is 12.5. The third-order valence-electron chi connectivity index (χ3n) is 4.33. The van der Waals surface area contributed by atoms with Crippen LogP contribution in [-0.4, -0.2) is 58.9 Å². The summed E-state index contributed by atoms with van der Waals surface area (Å²) in [5, 5.41) is 18.1. The zero-order chi connectivity index (χ0) is 20.5. The second-order valence-corrected chi connectivity index (χ2v) is 6.50. The molecule has 9 nitrogen and oxygen atoms in total. The number of carbonyl (C=O) groups excluding carboxylic acids is 4. The van der Waals surface area contributed by atoms with Gasteiger partial charge >= 0.3 is 5.97 Å². The number of nitrogens with two attached hydrogens (primary N) is 1. The fourth-order valence-electron chi connectivity index (χ4n) is 2.65. The van der Waals surface area contributed by atoms with Crippen LogP contribution in [0.2, 0.25) is 0 Å². The van der Waals surface area contributed by atoms with Crippen LogP contribution in [-0.2, 0) is 9.53 Å². The average Bonchev–Trinajstić information content (AvgIpc) is 3.16. The SMILES string of the molecule is NC(CO)(CO)COC(=O)CC(=O)c1cc2c(o1)C(=O)c1ccccc1C2=O. The summed E-state index contributed by atoms with van der Waals surface area (Å²) in [7, 11) is 0. The second-order valence-electron chi connectivity index (χ2n) is 6.50. The lowest BCUT2D eigenvalue weighted by Crippen LogP contribution is -2.51. The van der Waals surface area contributed by atoms with Crippen molar-refractivity contribution < 1.29 is 38.5 Å². The van der Waals surface area contributed by atoms with Gasteiger partial charge in [0.15, 0.2) is 17.3 Å². The topological polar surface area (TPSA) is 157 Å². The number of carbonyl (C=O) groups is 4. The largest absolute Gasteiger partial charge is 0.463 e. The van der Waals surface area contributed by atoms with Crippen LogP contribution in [0.5, 0.6) is 0 Å². The van der Waals surface area contributed by atoms with E-state index in [0.717, 1.165) is 6.07 Å². The van der Waals surface area contributed by atoms with Gasteiger partial charge in [-0.3, -0.25) is 19.2 Å². The minimum absolute atomic E-state index is 0.0399. The van der Waals surface area contributed by atoms with Crippen LogP contribution in [0.1, 0.15) is 49.0 Å². The van der Waals surface area contributed by atoms with Gasteiger partial charge in [0.2, 0.25) is 11.6 Å². The van der Waals surface area contributed by atoms with Crippen LogP contribution >= 0.6 is 0 Å². The number of aliphatic hydroxyl groups excluding tert-OH is 2. The Morgan fingerprint density at radius 2 is 1.64 bits per heavy atom. The minimum atomic E-state index is -1.52. The Labute approximate surface area is 158 Å². The second kappa shape index (κ2) is 7.47. The van der Waals surface area contributed by atoms with Crippen LogP contribution in [0.4, 0.5) is 0 Å². The first-order valence-electron chi connectivity index (χ1n) is 8.31. The maximum Gasteiger partial charge on any atom is 0.313 e. The molecular formula is C19H17NO8. The Morgan fingerprint density at radius 1 is 1.04 bits per heavy atom. The molecule has 4 N–H and O–H groups in total. The van der Waals surface area contributed by atoms with Crippen molar-refractivity contribution in [1.82, 2.24) is 0 Å². The molecule has 0 radical (unpaired) electrons. The summed E-state index contributed by atoms with van der Waals surface area (Å²) in [5.74, 6) is -3.29. The molecule has 0 saturated carbocycles. The highest BCUT2D eigenvalue weighted by atomic mass is 16.5. The predicted molar refractivity (Wildman–Crippen MR) is 93.0 cm³/mol. The van der Waals surface area contributed by atoms with E-state index in [1.165, 1.54) is 12.1 Å². The fraction of sp³-hybridized carbons (Fsp3) is 0.263. The van der Waals surface area contributed by atoms with E-state index in [-0.39, 0.29) is 28.2 Å². The first-order chi connectivity index (χ1) is 13.3. The summed E-state index contributed by atoms with van der Waals surface area (Å²) >= 11 is 0. The van der Waals surface area contributed by atoms with E-state index >= 15 is 0 Å². The first kappa shape index (κ1) is 19.6. The number of esters is 1. The Balaban J connectivity index is 1.74. The van der Waals surface area contributed by atoms with Crippen molar-refractivity contribution in [2.45, 2.75) is 12.0 Å². The fourth-order valence-corrected chi connectivity index (χ4v) is 2.65. The molecule has 0 spiro atoms. The number of furan rings is 1. The third-order valence-corrected chi connectivity index (χ3v) is 4.33. The summed E-state index contributed by atoms with van der Waals surface area (Å²) in [6.07, 6.45) is -0.728. The van der Waals surface area contributed by atoms with E-state index in [1.807, 2.05) is 0 Å². The van der Waals surface area contributed by atoms with Gasteiger partial charge in [-0.25, -0.2) is 0 Å². The van der Waals surface area contributed by atoms with Gasteiger partial charge in [0.25, 0.3) is 0 Å². The van der Waals surface area contributed by atoms with Crippen molar-refractivity contribution in [2.75, 3.05) is 19.8 Å². The quantitative estimate of drug-likeness (QED) is 0.285. The van der Waals surface area contributed by atoms with Gasteiger partial charge in [0.1, 0.15) is 13.0 Å². The summed E-state index contributed by atoms with van der Waals surface area (Å²) in [5.41, 5.74) is 4.40. The van der Waals surface area contributed by atoms with Crippen LogP contribution in [0.3, 0.4) is 0 Å².